The molecule has 1 aromatic rings. The number of nitrogens with zero attached hydrogens (tertiary/aromatic N) is 2. The van der Waals surface area contributed by atoms with Crippen molar-refractivity contribution in [2.24, 2.45) is 7.05 Å². The molecule has 0 aliphatic carbocycles. The number of anilines is 1. The summed E-state index contributed by atoms with van der Waals surface area (Å²) in [6.45, 7) is 1.65. The molecule has 94 valence electrons. The number of esters is 2. The van der Waals surface area contributed by atoms with Crippen LogP contribution in [0.15, 0.2) is 0 Å². The molecule has 0 unspecified atom stereocenters. The second kappa shape index (κ2) is 5.33. The number of ether oxygens (including phenoxy) is 2. The number of rotatable bonds is 4. The molecule has 7 nitrogen and oxygen atoms in total. The predicted molar refractivity (Wildman–Crippen MR) is 59.3 cm³/mol. The average molecular weight is 241 g/mol. The van der Waals surface area contributed by atoms with Gasteiger partial charge in [-0.15, -0.1) is 0 Å². The zero-order chi connectivity index (χ0) is 13.0. The second-order valence-electron chi connectivity index (χ2n) is 3.43. The molecule has 0 radical (unpaired) electrons. The van der Waals surface area contributed by atoms with Gasteiger partial charge in [0.15, 0.2) is 5.69 Å². The first-order chi connectivity index (χ1) is 7.97. The minimum atomic E-state index is -0.602. The first-order valence-electron chi connectivity index (χ1n) is 5.00. The third-order valence-electron chi connectivity index (χ3n) is 2.23. The van der Waals surface area contributed by atoms with Crippen LogP contribution in [0.25, 0.3) is 0 Å². The van der Waals surface area contributed by atoms with Crippen LogP contribution in [0.5, 0.6) is 0 Å². The van der Waals surface area contributed by atoms with Crippen LogP contribution < -0.4 is 5.73 Å². The zero-order valence-corrected chi connectivity index (χ0v) is 10.0. The third-order valence-corrected chi connectivity index (χ3v) is 2.23. The molecule has 0 atom stereocenters. The molecular formula is C10H15N3O4. The lowest BCUT2D eigenvalue weighted by Gasteiger charge is -2.04. The van der Waals surface area contributed by atoms with E-state index in [-0.39, 0.29) is 24.4 Å². The van der Waals surface area contributed by atoms with Gasteiger partial charge in [0, 0.05) is 7.05 Å². The normalized spacial score (nSPS) is 10.1. The topological polar surface area (TPSA) is 96.4 Å². The van der Waals surface area contributed by atoms with E-state index in [4.69, 9.17) is 10.5 Å². The molecule has 0 saturated heterocycles. The third kappa shape index (κ3) is 2.96. The van der Waals surface area contributed by atoms with Gasteiger partial charge in [-0.05, 0) is 6.92 Å². The highest BCUT2D eigenvalue weighted by atomic mass is 16.5. The fourth-order valence-corrected chi connectivity index (χ4v) is 1.31. The van der Waals surface area contributed by atoms with E-state index in [0.29, 0.717) is 5.69 Å². The Bertz CT molecular complexity index is 439. The Labute approximate surface area is 98.5 Å². The second-order valence-corrected chi connectivity index (χ2v) is 3.43. The van der Waals surface area contributed by atoms with Crippen LogP contribution in [0, 0.1) is 6.92 Å². The number of aryl methyl sites for hydroxylation is 2. The Morgan fingerprint density at radius 1 is 1.47 bits per heavy atom. The molecule has 7 heteroatoms. The molecule has 0 bridgehead atoms. The standard InChI is InChI=1S/C10H15N3O4/c1-6-8(11)9(13(2)12-6)10(15)17-5-4-7(14)16-3/h4-5,11H2,1-3H3. The van der Waals surface area contributed by atoms with Crippen LogP contribution in [0.4, 0.5) is 5.69 Å². The summed E-state index contributed by atoms with van der Waals surface area (Å²) in [5.74, 6) is -1.04. The van der Waals surface area contributed by atoms with Gasteiger partial charge in [0.05, 0.1) is 24.9 Å². The van der Waals surface area contributed by atoms with Gasteiger partial charge < -0.3 is 15.2 Å². The van der Waals surface area contributed by atoms with Crippen molar-refractivity contribution in [3.8, 4) is 0 Å². The molecular weight excluding hydrogens is 226 g/mol. The van der Waals surface area contributed by atoms with Crippen LogP contribution in [0.3, 0.4) is 0 Å². The van der Waals surface area contributed by atoms with E-state index in [2.05, 4.69) is 9.84 Å². The van der Waals surface area contributed by atoms with E-state index >= 15 is 0 Å². The summed E-state index contributed by atoms with van der Waals surface area (Å²) in [5, 5.41) is 3.99. The van der Waals surface area contributed by atoms with Gasteiger partial charge in [-0.2, -0.15) is 5.10 Å². The molecule has 0 aliphatic heterocycles. The van der Waals surface area contributed by atoms with Gasteiger partial charge in [0.1, 0.15) is 6.61 Å². The highest BCUT2D eigenvalue weighted by Crippen LogP contribution is 2.16. The molecule has 0 aromatic carbocycles. The van der Waals surface area contributed by atoms with Crippen molar-refractivity contribution >= 4 is 17.6 Å². The van der Waals surface area contributed by atoms with Crippen LogP contribution in [-0.2, 0) is 21.3 Å². The monoisotopic (exact) mass is 241 g/mol. The molecule has 1 heterocycles. The quantitative estimate of drug-likeness (QED) is 0.747. The van der Waals surface area contributed by atoms with Crippen molar-refractivity contribution in [3.63, 3.8) is 0 Å². The minimum absolute atomic E-state index is 0.0129. The minimum Gasteiger partial charge on any atom is -0.469 e. The van der Waals surface area contributed by atoms with Crippen LogP contribution in [0.2, 0.25) is 0 Å². The maximum absolute atomic E-state index is 11.7. The number of nitrogen functional groups attached to an aromatic ring is 1. The SMILES string of the molecule is COC(=O)CCOC(=O)c1c(N)c(C)nn1C. The highest BCUT2D eigenvalue weighted by Gasteiger charge is 2.19. The largest absolute Gasteiger partial charge is 0.469 e. The Hall–Kier alpha value is -2.05. The highest BCUT2D eigenvalue weighted by molar-refractivity contribution is 5.93. The fourth-order valence-electron chi connectivity index (χ4n) is 1.31. The van der Waals surface area contributed by atoms with E-state index in [0.717, 1.165) is 0 Å². The lowest BCUT2D eigenvalue weighted by molar-refractivity contribution is -0.141. The summed E-state index contributed by atoms with van der Waals surface area (Å²) in [6.07, 6.45) is 0.0129. The molecule has 0 spiro atoms. The summed E-state index contributed by atoms with van der Waals surface area (Å²) in [4.78, 5) is 22.5. The number of carbonyl (C=O) groups is 2. The number of nitrogens with two attached hydrogens (primary N) is 1. The van der Waals surface area contributed by atoms with E-state index in [1.54, 1.807) is 14.0 Å². The molecule has 2 N–H and O–H groups in total. The van der Waals surface area contributed by atoms with Crippen LogP contribution >= 0.6 is 0 Å². The van der Waals surface area contributed by atoms with Gasteiger partial charge in [0.2, 0.25) is 0 Å². The van der Waals surface area contributed by atoms with Crippen molar-refractivity contribution in [2.75, 3.05) is 19.5 Å². The van der Waals surface area contributed by atoms with Crippen molar-refractivity contribution in [2.45, 2.75) is 13.3 Å². The molecule has 0 amide bonds. The lowest BCUT2D eigenvalue weighted by atomic mass is 10.3. The van der Waals surface area contributed by atoms with Crippen LogP contribution in [-0.4, -0.2) is 35.4 Å². The molecule has 0 fully saturated rings. The smallest absolute Gasteiger partial charge is 0.358 e. The predicted octanol–water partition coefficient (Wildman–Crippen LogP) is 0.0306. The summed E-state index contributed by atoms with van der Waals surface area (Å²) >= 11 is 0. The summed E-state index contributed by atoms with van der Waals surface area (Å²) < 4.78 is 10.7. The maximum atomic E-state index is 11.7. The first-order valence-corrected chi connectivity index (χ1v) is 5.00. The van der Waals surface area contributed by atoms with Gasteiger partial charge in [-0.25, -0.2) is 4.79 Å². The van der Waals surface area contributed by atoms with E-state index in [1.165, 1.54) is 11.8 Å². The summed E-state index contributed by atoms with van der Waals surface area (Å²) in [5.41, 5.74) is 6.72. The van der Waals surface area contributed by atoms with Gasteiger partial charge in [-0.3, -0.25) is 9.48 Å². The Kier molecular flexibility index (Phi) is 4.08. The number of hydrogen-bond donors (Lipinski definition) is 1. The molecule has 0 aliphatic rings. The van der Waals surface area contributed by atoms with Crippen molar-refractivity contribution < 1.29 is 19.1 Å². The first kappa shape index (κ1) is 13.0. The molecule has 1 rings (SSSR count). The Morgan fingerprint density at radius 3 is 2.59 bits per heavy atom. The maximum Gasteiger partial charge on any atom is 0.358 e. The van der Waals surface area contributed by atoms with E-state index in [9.17, 15) is 9.59 Å². The van der Waals surface area contributed by atoms with E-state index in [1.807, 2.05) is 0 Å². The number of methoxy groups -OCH3 is 1. The van der Waals surface area contributed by atoms with Gasteiger partial charge in [-0.1, -0.05) is 0 Å². The van der Waals surface area contributed by atoms with Crippen LogP contribution in [0.1, 0.15) is 22.6 Å². The summed E-state index contributed by atoms with van der Waals surface area (Å²) in [7, 11) is 2.87. The van der Waals surface area contributed by atoms with Crippen molar-refractivity contribution in [1.29, 1.82) is 0 Å². The lowest BCUT2D eigenvalue weighted by Crippen LogP contribution is -2.15. The number of hydrogen-bond acceptors (Lipinski definition) is 6. The average Bonchev–Trinajstić information content (AvgIpc) is 2.52. The summed E-state index contributed by atoms with van der Waals surface area (Å²) in [6, 6.07) is 0. The molecule has 17 heavy (non-hydrogen) atoms. The Balaban J connectivity index is 2.61. The number of carbonyl (C=O) groups excluding carboxylic acids is 2. The van der Waals surface area contributed by atoms with Crippen molar-refractivity contribution in [3.05, 3.63) is 11.4 Å². The van der Waals surface area contributed by atoms with E-state index < -0.39 is 11.9 Å². The van der Waals surface area contributed by atoms with Gasteiger partial charge in [0.25, 0.3) is 0 Å². The van der Waals surface area contributed by atoms with Crippen molar-refractivity contribution in [1.82, 2.24) is 9.78 Å². The fraction of sp³-hybridized carbons (Fsp3) is 0.500. The van der Waals surface area contributed by atoms with Gasteiger partial charge >= 0.3 is 11.9 Å². The molecule has 1 aromatic heterocycles. The zero-order valence-electron chi connectivity index (χ0n) is 10.0. The number of aromatic nitrogens is 2. The Morgan fingerprint density at radius 2 is 2.12 bits per heavy atom. The molecule has 0 saturated carbocycles.